The number of nitrogens with one attached hydrogen (secondary N) is 1. The molecule has 0 saturated heterocycles. The molecule has 1 N–H and O–H groups in total. The predicted molar refractivity (Wildman–Crippen MR) is 101 cm³/mol. The van der Waals surface area contributed by atoms with Crippen LogP contribution in [-0.2, 0) is 16.0 Å². The van der Waals surface area contributed by atoms with E-state index in [9.17, 15) is 9.59 Å². The lowest BCUT2D eigenvalue weighted by atomic mass is 9.97. The number of benzene rings is 2. The molecule has 4 nitrogen and oxygen atoms in total. The first-order valence-corrected chi connectivity index (χ1v) is 8.91. The van der Waals surface area contributed by atoms with Crippen molar-refractivity contribution in [3.63, 3.8) is 0 Å². The summed E-state index contributed by atoms with van der Waals surface area (Å²) in [7, 11) is 0. The van der Waals surface area contributed by atoms with Crippen LogP contribution in [0.1, 0.15) is 43.7 Å². The number of aryl methyl sites for hydroxylation is 1. The van der Waals surface area contributed by atoms with E-state index in [0.717, 1.165) is 41.8 Å². The van der Waals surface area contributed by atoms with E-state index in [4.69, 9.17) is 0 Å². The fourth-order valence-corrected chi connectivity index (χ4v) is 3.30. The van der Waals surface area contributed by atoms with Crippen molar-refractivity contribution in [2.45, 2.75) is 39.0 Å². The van der Waals surface area contributed by atoms with E-state index in [1.165, 1.54) is 0 Å². The van der Waals surface area contributed by atoms with Gasteiger partial charge in [-0.15, -0.1) is 0 Å². The molecule has 2 aromatic rings. The molecule has 1 heterocycles. The first-order chi connectivity index (χ1) is 12.1. The van der Waals surface area contributed by atoms with Crippen LogP contribution in [0.2, 0.25) is 0 Å². The molecule has 0 spiro atoms. The van der Waals surface area contributed by atoms with Gasteiger partial charge in [-0.2, -0.15) is 0 Å². The number of anilines is 2. The fraction of sp³-hybridized carbons (Fsp3) is 0.333. The summed E-state index contributed by atoms with van der Waals surface area (Å²) < 4.78 is 0. The van der Waals surface area contributed by atoms with Crippen molar-refractivity contribution in [1.82, 2.24) is 0 Å². The SMILES string of the molecule is CCC(C)c1ccccc1NC(=O)C(=O)N1CCCc2ccccc21. The van der Waals surface area contributed by atoms with E-state index in [1.54, 1.807) is 4.90 Å². The van der Waals surface area contributed by atoms with Gasteiger partial charge in [-0.25, -0.2) is 0 Å². The van der Waals surface area contributed by atoms with Crippen LogP contribution >= 0.6 is 0 Å². The van der Waals surface area contributed by atoms with Gasteiger partial charge < -0.3 is 10.2 Å². The fourth-order valence-electron chi connectivity index (χ4n) is 3.30. The number of fused-ring (bicyclic) bond motifs is 1. The van der Waals surface area contributed by atoms with Crippen molar-refractivity contribution in [3.05, 3.63) is 59.7 Å². The summed E-state index contributed by atoms with van der Waals surface area (Å²) in [5.41, 5.74) is 3.75. The topological polar surface area (TPSA) is 49.4 Å². The Bertz CT molecular complexity index is 785. The smallest absolute Gasteiger partial charge is 0.316 e. The second-order valence-corrected chi connectivity index (χ2v) is 6.54. The van der Waals surface area contributed by atoms with Gasteiger partial charge >= 0.3 is 11.8 Å². The molecule has 2 amide bonds. The Hall–Kier alpha value is -2.62. The van der Waals surface area contributed by atoms with Gasteiger partial charge in [0.25, 0.3) is 0 Å². The van der Waals surface area contributed by atoms with E-state index >= 15 is 0 Å². The number of carbonyl (C=O) groups excluding carboxylic acids is 2. The van der Waals surface area contributed by atoms with E-state index < -0.39 is 11.8 Å². The molecule has 0 aliphatic carbocycles. The molecule has 3 rings (SSSR count). The van der Waals surface area contributed by atoms with Crippen LogP contribution < -0.4 is 10.2 Å². The maximum atomic E-state index is 12.7. The molecule has 0 radical (unpaired) electrons. The lowest BCUT2D eigenvalue weighted by Gasteiger charge is -2.29. The summed E-state index contributed by atoms with van der Waals surface area (Å²) >= 11 is 0. The second-order valence-electron chi connectivity index (χ2n) is 6.54. The molecule has 130 valence electrons. The average molecular weight is 336 g/mol. The van der Waals surface area contributed by atoms with Crippen molar-refractivity contribution in [2.75, 3.05) is 16.8 Å². The summed E-state index contributed by atoms with van der Waals surface area (Å²) in [6.07, 6.45) is 2.79. The molecule has 2 aromatic carbocycles. The molecule has 1 unspecified atom stereocenters. The van der Waals surface area contributed by atoms with Gasteiger partial charge in [0, 0.05) is 17.9 Å². The average Bonchev–Trinajstić information content (AvgIpc) is 2.66. The molecular weight excluding hydrogens is 312 g/mol. The van der Waals surface area contributed by atoms with Gasteiger partial charge in [0.15, 0.2) is 0 Å². The number of hydrogen-bond acceptors (Lipinski definition) is 2. The van der Waals surface area contributed by atoms with Crippen LogP contribution in [0.5, 0.6) is 0 Å². The third-order valence-corrected chi connectivity index (χ3v) is 4.90. The molecule has 0 saturated carbocycles. The molecule has 25 heavy (non-hydrogen) atoms. The standard InChI is InChI=1S/C21H24N2O2/c1-3-15(2)17-11-5-6-12-18(17)22-20(24)21(25)23-14-8-10-16-9-4-7-13-19(16)23/h4-7,9,11-13,15H,3,8,10,14H2,1-2H3,(H,22,24). The van der Waals surface area contributed by atoms with Crippen LogP contribution in [0.4, 0.5) is 11.4 Å². The molecule has 1 atom stereocenters. The Morgan fingerprint density at radius 1 is 1.12 bits per heavy atom. The quantitative estimate of drug-likeness (QED) is 0.857. The zero-order chi connectivity index (χ0) is 17.8. The second kappa shape index (κ2) is 7.51. The van der Waals surface area contributed by atoms with Gasteiger partial charge in [0.2, 0.25) is 0 Å². The maximum Gasteiger partial charge on any atom is 0.316 e. The third-order valence-electron chi connectivity index (χ3n) is 4.90. The normalized spacial score (nSPS) is 14.6. The number of para-hydroxylation sites is 2. The summed E-state index contributed by atoms with van der Waals surface area (Å²) in [6, 6.07) is 15.5. The van der Waals surface area contributed by atoms with Gasteiger partial charge in [-0.3, -0.25) is 9.59 Å². The summed E-state index contributed by atoms with van der Waals surface area (Å²) in [6.45, 7) is 4.81. The Labute approximate surface area is 148 Å². The molecule has 0 fully saturated rings. The number of carbonyl (C=O) groups is 2. The maximum absolute atomic E-state index is 12.7. The minimum absolute atomic E-state index is 0.322. The Morgan fingerprint density at radius 3 is 2.64 bits per heavy atom. The minimum Gasteiger partial charge on any atom is -0.318 e. The van der Waals surface area contributed by atoms with Crippen LogP contribution in [0.3, 0.4) is 0 Å². The van der Waals surface area contributed by atoms with Gasteiger partial charge in [0.1, 0.15) is 0 Å². The lowest BCUT2D eigenvalue weighted by Crippen LogP contribution is -2.42. The Balaban J connectivity index is 1.80. The Morgan fingerprint density at radius 2 is 1.84 bits per heavy atom. The van der Waals surface area contributed by atoms with Crippen LogP contribution in [0.15, 0.2) is 48.5 Å². The first-order valence-electron chi connectivity index (χ1n) is 8.91. The first kappa shape index (κ1) is 17.2. The highest BCUT2D eigenvalue weighted by molar-refractivity contribution is 6.44. The highest BCUT2D eigenvalue weighted by Gasteiger charge is 2.27. The van der Waals surface area contributed by atoms with Gasteiger partial charge in [-0.1, -0.05) is 50.2 Å². The van der Waals surface area contributed by atoms with E-state index in [2.05, 4.69) is 19.2 Å². The zero-order valence-corrected chi connectivity index (χ0v) is 14.8. The van der Waals surface area contributed by atoms with Crippen molar-refractivity contribution < 1.29 is 9.59 Å². The summed E-state index contributed by atoms with van der Waals surface area (Å²) in [4.78, 5) is 26.9. The lowest BCUT2D eigenvalue weighted by molar-refractivity contribution is -0.134. The van der Waals surface area contributed by atoms with Crippen LogP contribution in [-0.4, -0.2) is 18.4 Å². The van der Waals surface area contributed by atoms with Crippen molar-refractivity contribution in [2.24, 2.45) is 0 Å². The Kier molecular flexibility index (Phi) is 5.17. The highest BCUT2D eigenvalue weighted by Crippen LogP contribution is 2.28. The van der Waals surface area contributed by atoms with Crippen LogP contribution in [0, 0.1) is 0 Å². The van der Waals surface area contributed by atoms with Crippen molar-refractivity contribution in [1.29, 1.82) is 0 Å². The number of nitrogens with zero attached hydrogens (tertiary/aromatic N) is 1. The highest BCUT2D eigenvalue weighted by atomic mass is 16.2. The number of hydrogen-bond donors (Lipinski definition) is 1. The monoisotopic (exact) mass is 336 g/mol. The summed E-state index contributed by atoms with van der Waals surface area (Å²) in [5, 5.41) is 2.82. The molecule has 1 aliphatic rings. The van der Waals surface area contributed by atoms with E-state index in [0.29, 0.717) is 12.5 Å². The molecule has 0 bridgehead atoms. The van der Waals surface area contributed by atoms with Gasteiger partial charge in [0.05, 0.1) is 0 Å². The van der Waals surface area contributed by atoms with E-state index in [1.807, 2.05) is 48.5 Å². The van der Waals surface area contributed by atoms with Crippen molar-refractivity contribution in [3.8, 4) is 0 Å². The zero-order valence-electron chi connectivity index (χ0n) is 14.8. The molecule has 0 aromatic heterocycles. The summed E-state index contributed by atoms with van der Waals surface area (Å²) in [5.74, 6) is -0.749. The van der Waals surface area contributed by atoms with Crippen LogP contribution in [0.25, 0.3) is 0 Å². The number of amides is 2. The molecule has 4 heteroatoms. The molecular formula is C21H24N2O2. The third kappa shape index (κ3) is 3.58. The van der Waals surface area contributed by atoms with Crippen molar-refractivity contribution >= 4 is 23.2 Å². The van der Waals surface area contributed by atoms with Gasteiger partial charge in [-0.05, 0) is 48.4 Å². The largest absolute Gasteiger partial charge is 0.318 e. The molecule has 1 aliphatic heterocycles. The van der Waals surface area contributed by atoms with E-state index in [-0.39, 0.29) is 0 Å². The number of rotatable bonds is 3. The minimum atomic E-state index is -0.576. The predicted octanol–water partition coefficient (Wildman–Crippen LogP) is 4.12.